The lowest BCUT2D eigenvalue weighted by molar-refractivity contribution is -0.0494. The molecular weight excluding hydrogens is 344 g/mol. The van der Waals surface area contributed by atoms with Crippen molar-refractivity contribution in [3.05, 3.63) is 24.2 Å². The van der Waals surface area contributed by atoms with Gasteiger partial charge in [0.1, 0.15) is 11.6 Å². The van der Waals surface area contributed by atoms with E-state index in [1.807, 2.05) is 6.07 Å². The number of nitrogens with two attached hydrogens (primary N) is 1. The van der Waals surface area contributed by atoms with E-state index in [0.29, 0.717) is 30.4 Å². The van der Waals surface area contributed by atoms with Crippen LogP contribution in [0.5, 0.6) is 5.75 Å². The zero-order valence-electron chi connectivity index (χ0n) is 14.1. The summed E-state index contributed by atoms with van der Waals surface area (Å²) in [6.07, 6.45) is 3.63. The third-order valence-corrected chi connectivity index (χ3v) is 4.40. The predicted octanol–water partition coefficient (Wildman–Crippen LogP) is 2.44. The SMILES string of the molecule is Nc1ncc(-c2cc(N3CCOCC3)nc(C3CC3)n2)cc1OC(F)F. The minimum Gasteiger partial charge on any atom is -0.431 e. The summed E-state index contributed by atoms with van der Waals surface area (Å²) in [5.74, 6) is 1.70. The molecule has 4 rings (SSSR count). The van der Waals surface area contributed by atoms with Gasteiger partial charge in [0.25, 0.3) is 0 Å². The van der Waals surface area contributed by atoms with Crippen LogP contribution < -0.4 is 15.4 Å². The molecule has 0 aromatic carbocycles. The molecule has 26 heavy (non-hydrogen) atoms. The molecule has 0 spiro atoms. The van der Waals surface area contributed by atoms with E-state index in [1.165, 1.54) is 12.3 Å². The maximum absolute atomic E-state index is 12.6. The van der Waals surface area contributed by atoms with Crippen molar-refractivity contribution in [2.24, 2.45) is 0 Å². The predicted molar refractivity (Wildman–Crippen MR) is 91.3 cm³/mol. The van der Waals surface area contributed by atoms with Crippen LogP contribution in [0.4, 0.5) is 20.4 Å². The van der Waals surface area contributed by atoms with Crippen LogP contribution in [0.1, 0.15) is 24.6 Å². The molecule has 9 heteroatoms. The number of rotatable bonds is 5. The van der Waals surface area contributed by atoms with E-state index in [0.717, 1.165) is 37.6 Å². The highest BCUT2D eigenvalue weighted by Crippen LogP contribution is 2.40. The molecule has 1 aliphatic carbocycles. The van der Waals surface area contributed by atoms with E-state index in [4.69, 9.17) is 15.5 Å². The summed E-state index contributed by atoms with van der Waals surface area (Å²) < 4.78 is 35.0. The molecule has 0 unspecified atom stereocenters. The van der Waals surface area contributed by atoms with Gasteiger partial charge in [-0.15, -0.1) is 0 Å². The second-order valence-electron chi connectivity index (χ2n) is 6.33. The zero-order chi connectivity index (χ0) is 18.1. The molecule has 2 fully saturated rings. The number of hydrogen-bond acceptors (Lipinski definition) is 7. The van der Waals surface area contributed by atoms with Crippen LogP contribution in [-0.4, -0.2) is 47.9 Å². The number of aromatic nitrogens is 3. The van der Waals surface area contributed by atoms with Crippen LogP contribution in [0.25, 0.3) is 11.3 Å². The summed E-state index contributed by atoms with van der Waals surface area (Å²) in [6.45, 7) is -0.173. The number of nitrogens with zero attached hydrogens (tertiary/aromatic N) is 4. The first kappa shape index (κ1) is 16.9. The fourth-order valence-corrected chi connectivity index (χ4v) is 2.86. The Bertz CT molecular complexity index is 795. The molecule has 0 bridgehead atoms. The average Bonchev–Trinajstić information content (AvgIpc) is 3.49. The quantitative estimate of drug-likeness (QED) is 0.873. The van der Waals surface area contributed by atoms with Crippen molar-refractivity contribution in [3.63, 3.8) is 0 Å². The van der Waals surface area contributed by atoms with Crippen LogP contribution >= 0.6 is 0 Å². The average molecular weight is 363 g/mol. The Morgan fingerprint density at radius 3 is 2.65 bits per heavy atom. The Labute approximate surface area is 149 Å². The van der Waals surface area contributed by atoms with Gasteiger partial charge in [0.2, 0.25) is 0 Å². The molecule has 2 N–H and O–H groups in total. The maximum Gasteiger partial charge on any atom is 0.387 e. The summed E-state index contributed by atoms with van der Waals surface area (Å²) in [5, 5.41) is 0. The third kappa shape index (κ3) is 3.67. The van der Waals surface area contributed by atoms with E-state index < -0.39 is 6.61 Å². The highest BCUT2D eigenvalue weighted by molar-refractivity contribution is 5.66. The van der Waals surface area contributed by atoms with Crippen molar-refractivity contribution >= 4 is 11.6 Å². The Hall–Kier alpha value is -2.55. The van der Waals surface area contributed by atoms with Crippen molar-refractivity contribution in [2.75, 3.05) is 36.9 Å². The van der Waals surface area contributed by atoms with Crippen LogP contribution in [0.2, 0.25) is 0 Å². The monoisotopic (exact) mass is 363 g/mol. The summed E-state index contributed by atoms with van der Waals surface area (Å²) in [6, 6.07) is 3.28. The van der Waals surface area contributed by atoms with Gasteiger partial charge in [-0.25, -0.2) is 15.0 Å². The summed E-state index contributed by atoms with van der Waals surface area (Å²) in [7, 11) is 0. The number of nitrogen functional groups attached to an aromatic ring is 1. The number of hydrogen-bond donors (Lipinski definition) is 1. The molecule has 2 aliphatic rings. The zero-order valence-corrected chi connectivity index (χ0v) is 14.1. The number of pyridine rings is 1. The molecule has 3 heterocycles. The number of halogens is 2. The Balaban J connectivity index is 1.72. The van der Waals surface area contributed by atoms with Gasteiger partial charge in [0.15, 0.2) is 11.6 Å². The van der Waals surface area contributed by atoms with E-state index in [1.54, 1.807) is 0 Å². The highest BCUT2D eigenvalue weighted by atomic mass is 19.3. The normalized spacial score (nSPS) is 17.6. The summed E-state index contributed by atoms with van der Waals surface area (Å²) >= 11 is 0. The summed E-state index contributed by atoms with van der Waals surface area (Å²) in [4.78, 5) is 15.4. The Kier molecular flexibility index (Phi) is 4.54. The van der Waals surface area contributed by atoms with Gasteiger partial charge in [0.05, 0.1) is 18.9 Å². The Morgan fingerprint density at radius 2 is 1.96 bits per heavy atom. The number of anilines is 2. The summed E-state index contributed by atoms with van der Waals surface area (Å²) in [5.41, 5.74) is 6.81. The molecule has 0 amide bonds. The van der Waals surface area contributed by atoms with Gasteiger partial charge in [0, 0.05) is 36.8 Å². The number of ether oxygens (including phenoxy) is 2. The standard InChI is InChI=1S/C17H19F2N5O2/c18-17(19)26-13-7-11(9-21-15(13)20)12-8-14(24-3-5-25-6-4-24)23-16(22-12)10-1-2-10/h7-10,17H,1-6H2,(H2,20,21). The van der Waals surface area contributed by atoms with Crippen molar-refractivity contribution < 1.29 is 18.3 Å². The van der Waals surface area contributed by atoms with Crippen molar-refractivity contribution in [1.82, 2.24) is 15.0 Å². The minimum atomic E-state index is -2.97. The topological polar surface area (TPSA) is 86.4 Å². The second-order valence-corrected chi connectivity index (χ2v) is 6.33. The second kappa shape index (κ2) is 6.99. The molecule has 1 aliphatic heterocycles. The molecule has 7 nitrogen and oxygen atoms in total. The fraction of sp³-hybridized carbons (Fsp3) is 0.471. The van der Waals surface area contributed by atoms with E-state index >= 15 is 0 Å². The maximum atomic E-state index is 12.6. The minimum absolute atomic E-state index is 0.0843. The molecule has 0 atom stereocenters. The van der Waals surface area contributed by atoms with Gasteiger partial charge in [-0.3, -0.25) is 0 Å². The number of alkyl halides is 2. The molecule has 1 saturated carbocycles. The third-order valence-electron chi connectivity index (χ3n) is 4.40. The highest BCUT2D eigenvalue weighted by Gasteiger charge is 2.28. The van der Waals surface area contributed by atoms with Crippen molar-refractivity contribution in [3.8, 4) is 17.0 Å². The van der Waals surface area contributed by atoms with E-state index in [-0.39, 0.29) is 11.6 Å². The van der Waals surface area contributed by atoms with Gasteiger partial charge in [-0.2, -0.15) is 8.78 Å². The van der Waals surface area contributed by atoms with Gasteiger partial charge in [-0.1, -0.05) is 0 Å². The van der Waals surface area contributed by atoms with Crippen LogP contribution in [0, 0.1) is 0 Å². The van der Waals surface area contributed by atoms with Gasteiger partial charge < -0.3 is 20.1 Å². The van der Waals surface area contributed by atoms with Crippen molar-refractivity contribution in [2.45, 2.75) is 25.4 Å². The first-order chi connectivity index (χ1) is 12.6. The first-order valence-electron chi connectivity index (χ1n) is 8.52. The van der Waals surface area contributed by atoms with E-state index in [2.05, 4.69) is 19.6 Å². The lowest BCUT2D eigenvalue weighted by Gasteiger charge is -2.28. The molecule has 0 radical (unpaired) electrons. The van der Waals surface area contributed by atoms with E-state index in [9.17, 15) is 8.78 Å². The van der Waals surface area contributed by atoms with Crippen LogP contribution in [0.3, 0.4) is 0 Å². The molecule has 1 saturated heterocycles. The molecule has 2 aromatic rings. The fourth-order valence-electron chi connectivity index (χ4n) is 2.86. The molecule has 138 valence electrons. The van der Waals surface area contributed by atoms with Crippen molar-refractivity contribution in [1.29, 1.82) is 0 Å². The smallest absolute Gasteiger partial charge is 0.387 e. The van der Waals surface area contributed by atoms with Gasteiger partial charge >= 0.3 is 6.61 Å². The first-order valence-corrected chi connectivity index (χ1v) is 8.52. The van der Waals surface area contributed by atoms with Crippen LogP contribution in [0.15, 0.2) is 18.3 Å². The molecule has 2 aromatic heterocycles. The molecular formula is C17H19F2N5O2. The lowest BCUT2D eigenvalue weighted by atomic mass is 10.1. The van der Waals surface area contributed by atoms with Crippen LogP contribution in [-0.2, 0) is 4.74 Å². The Morgan fingerprint density at radius 1 is 1.19 bits per heavy atom. The van der Waals surface area contributed by atoms with Gasteiger partial charge in [-0.05, 0) is 18.9 Å². The lowest BCUT2D eigenvalue weighted by Crippen LogP contribution is -2.37. The largest absolute Gasteiger partial charge is 0.431 e. The number of morpholine rings is 1.